The number of thioether (sulfide) groups is 1. The zero-order chi connectivity index (χ0) is 21.4. The number of aromatic nitrogens is 3. The summed E-state index contributed by atoms with van der Waals surface area (Å²) in [6, 6.07) is 15.0. The molecule has 0 saturated carbocycles. The first kappa shape index (κ1) is 19.5. The summed E-state index contributed by atoms with van der Waals surface area (Å²) in [4.78, 5) is 36.0. The van der Waals surface area contributed by atoms with Gasteiger partial charge in [-0.3, -0.25) is 19.7 Å². The quantitative estimate of drug-likeness (QED) is 0.469. The van der Waals surface area contributed by atoms with E-state index in [4.69, 9.17) is 0 Å². The molecule has 0 aliphatic carbocycles. The number of hydrogen-bond acceptors (Lipinski definition) is 7. The van der Waals surface area contributed by atoms with Crippen molar-refractivity contribution in [2.75, 3.05) is 5.01 Å². The van der Waals surface area contributed by atoms with Crippen molar-refractivity contribution in [2.24, 2.45) is 0 Å². The highest BCUT2D eigenvalue weighted by Gasteiger charge is 2.35. The summed E-state index contributed by atoms with van der Waals surface area (Å²) < 4.78 is 1.56. The van der Waals surface area contributed by atoms with E-state index in [-0.39, 0.29) is 17.4 Å². The van der Waals surface area contributed by atoms with E-state index < -0.39 is 4.92 Å². The van der Waals surface area contributed by atoms with Gasteiger partial charge in [0.15, 0.2) is 11.6 Å². The van der Waals surface area contributed by atoms with Gasteiger partial charge in [-0.1, -0.05) is 30.3 Å². The molecule has 1 aromatic heterocycles. The minimum absolute atomic E-state index is 0.0866. The van der Waals surface area contributed by atoms with Gasteiger partial charge in [-0.15, -0.1) is 10.2 Å². The number of rotatable bonds is 4. The molecule has 1 aliphatic heterocycles. The fourth-order valence-corrected chi connectivity index (χ4v) is 4.11. The number of nitro groups is 1. The standard InChI is InChI=1S/C20H15N5O4S/c1-12(26)18-17(14-8-10-16(11-9-14)25(28)29)23(13(2)27)24-19(21-22-20(24)30-18)15-6-4-3-5-7-15/h3-11H,1-2H3. The number of benzene rings is 2. The number of carbonyl (C=O) groups excluding carboxylic acids is 2. The number of nitrogens with zero attached hydrogens (tertiary/aromatic N) is 5. The largest absolute Gasteiger partial charge is 0.294 e. The van der Waals surface area contributed by atoms with Crippen LogP contribution in [-0.4, -0.2) is 31.5 Å². The van der Waals surface area contributed by atoms with E-state index in [9.17, 15) is 19.7 Å². The molecule has 0 unspecified atom stereocenters. The number of amides is 1. The third-order valence-electron chi connectivity index (χ3n) is 4.43. The molecule has 2 aromatic carbocycles. The third kappa shape index (κ3) is 3.26. The minimum atomic E-state index is -0.506. The highest BCUT2D eigenvalue weighted by atomic mass is 32.2. The van der Waals surface area contributed by atoms with Crippen LogP contribution in [0.25, 0.3) is 17.1 Å². The Kier molecular flexibility index (Phi) is 4.92. The van der Waals surface area contributed by atoms with E-state index in [1.54, 1.807) is 4.68 Å². The second kappa shape index (κ2) is 7.56. The Morgan fingerprint density at radius 2 is 1.63 bits per heavy atom. The van der Waals surface area contributed by atoms with Crippen molar-refractivity contribution in [3.8, 4) is 11.4 Å². The Hall–Kier alpha value is -3.79. The molecule has 10 heteroatoms. The minimum Gasteiger partial charge on any atom is -0.294 e. The zero-order valence-corrected chi connectivity index (χ0v) is 16.8. The van der Waals surface area contributed by atoms with Gasteiger partial charge in [-0.2, -0.15) is 4.68 Å². The molecule has 1 amide bonds. The molecule has 9 nitrogen and oxygen atoms in total. The predicted octanol–water partition coefficient (Wildman–Crippen LogP) is 3.40. The summed E-state index contributed by atoms with van der Waals surface area (Å²) in [7, 11) is 0. The fourth-order valence-electron chi connectivity index (χ4n) is 3.14. The SMILES string of the molecule is CC(=O)C1=C(c2ccc([N+](=O)[O-])cc2)N(C(C)=O)n2c(nnc2-c2ccccc2)S1. The van der Waals surface area contributed by atoms with Gasteiger partial charge in [-0.25, -0.2) is 5.01 Å². The van der Waals surface area contributed by atoms with Crippen LogP contribution in [0.2, 0.25) is 0 Å². The Morgan fingerprint density at radius 3 is 2.20 bits per heavy atom. The lowest BCUT2D eigenvalue weighted by Gasteiger charge is -2.32. The number of Topliss-reactive ketones (excluding diaryl/α,β-unsaturated/α-hetero) is 1. The number of carbonyl (C=O) groups is 2. The normalized spacial score (nSPS) is 13.2. The molecule has 0 radical (unpaired) electrons. The van der Waals surface area contributed by atoms with Crippen molar-refractivity contribution < 1.29 is 14.5 Å². The molecule has 0 fully saturated rings. The van der Waals surface area contributed by atoms with Crippen molar-refractivity contribution >= 4 is 34.8 Å². The predicted molar refractivity (Wildman–Crippen MR) is 111 cm³/mol. The summed E-state index contributed by atoms with van der Waals surface area (Å²) in [5.74, 6) is -0.175. The van der Waals surface area contributed by atoms with Crippen LogP contribution in [0.3, 0.4) is 0 Å². The van der Waals surface area contributed by atoms with Crippen molar-refractivity contribution in [3.63, 3.8) is 0 Å². The number of non-ortho nitro benzene ring substituents is 1. The molecular weight excluding hydrogens is 406 g/mol. The molecule has 30 heavy (non-hydrogen) atoms. The van der Waals surface area contributed by atoms with Crippen molar-refractivity contribution in [3.05, 3.63) is 75.2 Å². The lowest BCUT2D eigenvalue weighted by Crippen LogP contribution is -2.41. The molecule has 3 aromatic rings. The first-order valence-electron chi connectivity index (χ1n) is 8.88. The van der Waals surface area contributed by atoms with Gasteiger partial charge in [0.05, 0.1) is 15.5 Å². The van der Waals surface area contributed by atoms with E-state index in [1.165, 1.54) is 43.1 Å². The second-order valence-electron chi connectivity index (χ2n) is 6.45. The number of nitro benzene ring substituents is 1. The highest BCUT2D eigenvalue weighted by molar-refractivity contribution is 8.04. The molecule has 150 valence electrons. The van der Waals surface area contributed by atoms with Gasteiger partial charge in [0, 0.05) is 30.2 Å². The first-order valence-corrected chi connectivity index (χ1v) is 9.70. The Balaban J connectivity index is 1.94. The number of hydrogen-bond donors (Lipinski definition) is 0. The van der Waals surface area contributed by atoms with Crippen LogP contribution in [0.4, 0.5) is 5.69 Å². The summed E-state index contributed by atoms with van der Waals surface area (Å²) in [5, 5.41) is 21.1. The Labute approximate surface area is 175 Å². The molecule has 0 spiro atoms. The van der Waals surface area contributed by atoms with E-state index in [2.05, 4.69) is 10.2 Å². The summed E-state index contributed by atoms with van der Waals surface area (Å²) in [5.41, 5.74) is 1.49. The van der Waals surface area contributed by atoms with Crippen molar-refractivity contribution in [1.29, 1.82) is 0 Å². The van der Waals surface area contributed by atoms with Crippen LogP contribution in [-0.2, 0) is 9.59 Å². The molecule has 1 aliphatic rings. The lowest BCUT2D eigenvalue weighted by molar-refractivity contribution is -0.384. The maximum atomic E-state index is 12.8. The maximum absolute atomic E-state index is 12.8. The van der Waals surface area contributed by atoms with Gasteiger partial charge in [0.2, 0.25) is 11.1 Å². The lowest BCUT2D eigenvalue weighted by atomic mass is 10.1. The molecule has 4 rings (SSSR count). The van der Waals surface area contributed by atoms with Crippen molar-refractivity contribution in [2.45, 2.75) is 19.0 Å². The van der Waals surface area contributed by atoms with Crippen LogP contribution in [0.15, 0.2) is 64.7 Å². The smallest absolute Gasteiger partial charge is 0.269 e. The van der Waals surface area contributed by atoms with E-state index >= 15 is 0 Å². The molecule has 0 bridgehead atoms. The van der Waals surface area contributed by atoms with Gasteiger partial charge >= 0.3 is 0 Å². The van der Waals surface area contributed by atoms with Crippen LogP contribution in [0.1, 0.15) is 19.4 Å². The third-order valence-corrected chi connectivity index (χ3v) is 5.56. The average Bonchev–Trinajstić information content (AvgIpc) is 3.16. The highest BCUT2D eigenvalue weighted by Crippen LogP contribution is 2.41. The molecule has 0 saturated heterocycles. The van der Waals surface area contributed by atoms with Gasteiger partial charge < -0.3 is 0 Å². The molecular formula is C20H15N5O4S. The topological polar surface area (TPSA) is 111 Å². The van der Waals surface area contributed by atoms with E-state index in [1.807, 2.05) is 30.3 Å². The summed E-state index contributed by atoms with van der Waals surface area (Å²) in [6.45, 7) is 2.77. The van der Waals surface area contributed by atoms with E-state index in [0.29, 0.717) is 27.1 Å². The van der Waals surface area contributed by atoms with E-state index in [0.717, 1.165) is 17.3 Å². The number of fused-ring (bicyclic) bond motifs is 1. The molecule has 2 heterocycles. The van der Waals surface area contributed by atoms with Crippen molar-refractivity contribution in [1.82, 2.24) is 14.9 Å². The average molecular weight is 421 g/mol. The molecule has 0 atom stereocenters. The second-order valence-corrected chi connectivity index (χ2v) is 7.43. The van der Waals surface area contributed by atoms with Crippen LogP contribution >= 0.6 is 11.8 Å². The Morgan fingerprint density at radius 1 is 0.967 bits per heavy atom. The monoisotopic (exact) mass is 421 g/mol. The number of ketones is 1. The summed E-state index contributed by atoms with van der Waals surface area (Å²) in [6.07, 6.45) is 0. The Bertz CT molecular complexity index is 1200. The maximum Gasteiger partial charge on any atom is 0.269 e. The van der Waals surface area contributed by atoms with Crippen LogP contribution < -0.4 is 5.01 Å². The fraction of sp³-hybridized carbons (Fsp3) is 0.100. The first-order chi connectivity index (χ1) is 14.4. The van der Waals surface area contributed by atoms with Crippen LogP contribution in [0, 0.1) is 10.1 Å². The zero-order valence-electron chi connectivity index (χ0n) is 16.0. The van der Waals surface area contributed by atoms with Gasteiger partial charge in [-0.05, 0) is 30.8 Å². The van der Waals surface area contributed by atoms with Crippen LogP contribution in [0.5, 0.6) is 0 Å². The molecule has 0 N–H and O–H groups in total. The van der Waals surface area contributed by atoms with Gasteiger partial charge in [0.25, 0.3) is 5.69 Å². The van der Waals surface area contributed by atoms with Gasteiger partial charge in [0.1, 0.15) is 0 Å². The summed E-state index contributed by atoms with van der Waals surface area (Å²) >= 11 is 1.11. The number of allylic oxidation sites excluding steroid dienone is 1.